The number of hydrogen-bond acceptors (Lipinski definition) is 5. The van der Waals surface area contributed by atoms with Gasteiger partial charge < -0.3 is 25.2 Å². The Morgan fingerprint density at radius 3 is 2.31 bits per heavy atom. The van der Waals surface area contributed by atoms with Gasteiger partial charge in [-0.25, -0.2) is 9.79 Å². The van der Waals surface area contributed by atoms with Gasteiger partial charge in [0, 0.05) is 61.9 Å². The number of piperazine rings is 1. The molecule has 0 unspecified atom stereocenters. The van der Waals surface area contributed by atoms with Gasteiger partial charge in [-0.2, -0.15) is 13.2 Å². The lowest BCUT2D eigenvalue weighted by molar-refractivity contribution is -0.138. The molecule has 0 aliphatic carbocycles. The van der Waals surface area contributed by atoms with Gasteiger partial charge in [0.25, 0.3) is 0 Å². The van der Waals surface area contributed by atoms with Gasteiger partial charge in [-0.1, -0.05) is 12.6 Å². The average Bonchev–Trinajstić information content (AvgIpc) is 2.85. The van der Waals surface area contributed by atoms with Crippen LogP contribution in [0.3, 0.4) is 0 Å². The van der Waals surface area contributed by atoms with Crippen LogP contribution in [0.4, 0.5) is 29.3 Å². The zero-order valence-corrected chi connectivity index (χ0v) is 22.3. The van der Waals surface area contributed by atoms with Crippen LogP contribution in [-0.2, 0) is 11.0 Å². The third kappa shape index (κ3) is 8.10. The van der Waals surface area contributed by atoms with Crippen LogP contribution in [0.25, 0.3) is 0 Å². The van der Waals surface area contributed by atoms with Crippen LogP contribution in [0.5, 0.6) is 5.75 Å². The number of urea groups is 1. The standard InChI is InChI=1S/C28H32F3N5O3/c1-6-32-26(15-19(3)36-14-13-35(21(5)37)17-20(36)4)39-24-11-9-22(10-12-24)33-27(38)34-23-8-7-18(2)25(16-23)28(29,30)31/h6-12,15-16,20H,1,13-14,17H2,2-5H3,(H2,33,34,38)/b19-15+,32-26+/t20-/m1/s1. The van der Waals surface area contributed by atoms with E-state index in [4.69, 9.17) is 4.74 Å². The van der Waals surface area contributed by atoms with Gasteiger partial charge in [0.2, 0.25) is 11.8 Å². The van der Waals surface area contributed by atoms with Gasteiger partial charge in [0.1, 0.15) is 5.75 Å². The number of rotatable bonds is 6. The van der Waals surface area contributed by atoms with E-state index in [0.717, 1.165) is 11.8 Å². The summed E-state index contributed by atoms with van der Waals surface area (Å²) in [7, 11) is 0. The summed E-state index contributed by atoms with van der Waals surface area (Å²) in [6.45, 7) is 12.5. The lowest BCUT2D eigenvalue weighted by Crippen LogP contribution is -2.52. The molecule has 0 aromatic heterocycles. The number of benzene rings is 2. The number of anilines is 2. The molecule has 1 fully saturated rings. The second kappa shape index (κ2) is 12.5. The van der Waals surface area contributed by atoms with Crippen molar-refractivity contribution in [3.8, 4) is 5.75 Å². The SMILES string of the molecule is C=C/N=C(\C=C(/C)N1CCN(C(C)=O)C[C@H]1C)Oc1ccc(NC(=O)Nc2ccc(C)c(C(F)(F)F)c2)cc1. The largest absolute Gasteiger partial charge is 0.439 e. The number of hydrogen-bond donors (Lipinski definition) is 2. The van der Waals surface area contributed by atoms with Gasteiger partial charge in [-0.3, -0.25) is 4.79 Å². The Bertz CT molecular complexity index is 1270. The maximum atomic E-state index is 13.1. The molecule has 1 aliphatic rings. The second-order valence-corrected chi connectivity index (χ2v) is 9.18. The van der Waals surface area contributed by atoms with E-state index >= 15 is 0 Å². The molecule has 1 saturated heterocycles. The number of nitrogens with one attached hydrogen (secondary N) is 2. The summed E-state index contributed by atoms with van der Waals surface area (Å²) < 4.78 is 45.3. The van der Waals surface area contributed by atoms with E-state index < -0.39 is 17.8 Å². The number of nitrogens with zero attached hydrogens (tertiary/aromatic N) is 3. The first-order valence-electron chi connectivity index (χ1n) is 12.3. The third-order valence-electron chi connectivity index (χ3n) is 6.21. The molecular weight excluding hydrogens is 511 g/mol. The molecule has 3 rings (SSSR count). The molecule has 0 radical (unpaired) electrons. The lowest BCUT2D eigenvalue weighted by atomic mass is 10.1. The monoisotopic (exact) mass is 543 g/mol. The summed E-state index contributed by atoms with van der Waals surface area (Å²) in [5.74, 6) is 0.817. The van der Waals surface area contributed by atoms with Crippen LogP contribution in [0.2, 0.25) is 0 Å². The van der Waals surface area contributed by atoms with Crippen molar-refractivity contribution in [3.05, 3.63) is 78.1 Å². The number of allylic oxidation sites excluding steroid dienone is 1. The van der Waals surface area contributed by atoms with E-state index in [1.54, 1.807) is 37.3 Å². The molecule has 8 nitrogen and oxygen atoms in total. The minimum atomic E-state index is -4.52. The highest BCUT2D eigenvalue weighted by molar-refractivity contribution is 6.00. The van der Waals surface area contributed by atoms with Crippen molar-refractivity contribution in [2.45, 2.75) is 39.9 Å². The number of aryl methyl sites for hydroxylation is 1. The van der Waals surface area contributed by atoms with E-state index in [9.17, 15) is 22.8 Å². The summed E-state index contributed by atoms with van der Waals surface area (Å²) in [5, 5.41) is 4.99. The molecule has 11 heteroatoms. The van der Waals surface area contributed by atoms with Crippen molar-refractivity contribution in [1.29, 1.82) is 0 Å². The normalized spacial score (nSPS) is 16.5. The fraction of sp³-hybridized carbons (Fsp3) is 0.321. The number of carbonyl (C=O) groups is 2. The molecule has 3 amide bonds. The second-order valence-electron chi connectivity index (χ2n) is 9.18. The quantitative estimate of drug-likeness (QED) is 0.344. The van der Waals surface area contributed by atoms with Crippen LogP contribution in [0.1, 0.15) is 31.9 Å². The Labute approximate surface area is 225 Å². The average molecular weight is 544 g/mol. The van der Waals surface area contributed by atoms with E-state index in [-0.39, 0.29) is 23.2 Å². The molecule has 1 atom stereocenters. The number of halogens is 3. The fourth-order valence-electron chi connectivity index (χ4n) is 4.24. The predicted molar refractivity (Wildman–Crippen MR) is 146 cm³/mol. The van der Waals surface area contributed by atoms with E-state index in [2.05, 4.69) is 27.1 Å². The van der Waals surface area contributed by atoms with Crippen molar-refractivity contribution >= 4 is 29.2 Å². The summed E-state index contributed by atoms with van der Waals surface area (Å²) in [4.78, 5) is 32.2. The Kier molecular flexibility index (Phi) is 9.39. The van der Waals surface area contributed by atoms with Crippen molar-refractivity contribution in [2.24, 2.45) is 4.99 Å². The number of ether oxygens (including phenoxy) is 1. The topological polar surface area (TPSA) is 86.3 Å². The van der Waals surface area contributed by atoms with Crippen LogP contribution < -0.4 is 15.4 Å². The van der Waals surface area contributed by atoms with Gasteiger partial charge in [0.05, 0.1) is 5.56 Å². The summed E-state index contributed by atoms with van der Waals surface area (Å²) >= 11 is 0. The number of amides is 3. The third-order valence-corrected chi connectivity index (χ3v) is 6.21. The molecule has 2 N–H and O–H groups in total. The molecule has 39 heavy (non-hydrogen) atoms. The Morgan fingerprint density at radius 2 is 1.72 bits per heavy atom. The number of aliphatic imine (C=N–C) groups is 1. The van der Waals surface area contributed by atoms with E-state index in [1.807, 2.05) is 18.7 Å². The molecule has 0 spiro atoms. The highest BCUT2D eigenvalue weighted by Gasteiger charge is 2.32. The van der Waals surface area contributed by atoms with Crippen LogP contribution in [0, 0.1) is 6.92 Å². The minimum Gasteiger partial charge on any atom is -0.439 e. The van der Waals surface area contributed by atoms with Crippen LogP contribution >= 0.6 is 0 Å². The van der Waals surface area contributed by atoms with Crippen molar-refractivity contribution in [2.75, 3.05) is 30.3 Å². The highest BCUT2D eigenvalue weighted by Crippen LogP contribution is 2.33. The zero-order valence-electron chi connectivity index (χ0n) is 22.3. The summed E-state index contributed by atoms with van der Waals surface area (Å²) in [6.07, 6.45) is -1.36. The molecule has 0 saturated carbocycles. The Balaban J connectivity index is 1.62. The molecule has 2 aromatic carbocycles. The van der Waals surface area contributed by atoms with Crippen LogP contribution in [-0.4, -0.2) is 53.3 Å². The molecule has 2 aromatic rings. The van der Waals surface area contributed by atoms with Gasteiger partial charge >= 0.3 is 12.2 Å². The maximum Gasteiger partial charge on any atom is 0.416 e. The van der Waals surface area contributed by atoms with Crippen molar-refractivity contribution in [3.63, 3.8) is 0 Å². The number of alkyl halides is 3. The lowest BCUT2D eigenvalue weighted by Gasteiger charge is -2.41. The fourth-order valence-corrected chi connectivity index (χ4v) is 4.24. The first-order valence-corrected chi connectivity index (χ1v) is 12.3. The highest BCUT2D eigenvalue weighted by atomic mass is 19.4. The maximum absolute atomic E-state index is 13.1. The smallest absolute Gasteiger partial charge is 0.416 e. The van der Waals surface area contributed by atoms with E-state index in [1.165, 1.54) is 25.3 Å². The van der Waals surface area contributed by atoms with Gasteiger partial charge in [-0.15, -0.1) is 0 Å². The van der Waals surface area contributed by atoms with E-state index in [0.29, 0.717) is 37.0 Å². The first kappa shape index (κ1) is 29.3. The zero-order chi connectivity index (χ0) is 28.7. The molecule has 208 valence electrons. The van der Waals surface area contributed by atoms with Crippen molar-refractivity contribution in [1.82, 2.24) is 9.80 Å². The van der Waals surface area contributed by atoms with Gasteiger partial charge in [-0.05, 0) is 62.7 Å². The molecule has 1 aliphatic heterocycles. The molecular formula is C28H32F3N5O3. The van der Waals surface area contributed by atoms with Crippen LogP contribution in [0.15, 0.2) is 72.0 Å². The van der Waals surface area contributed by atoms with Crippen molar-refractivity contribution < 1.29 is 27.5 Å². The summed E-state index contributed by atoms with van der Waals surface area (Å²) in [5.41, 5.74) is 0.615. The Hall–Kier alpha value is -4.28. The number of carbonyl (C=O) groups excluding carboxylic acids is 2. The first-order chi connectivity index (χ1) is 18.4. The minimum absolute atomic E-state index is 0.0230. The summed E-state index contributed by atoms with van der Waals surface area (Å²) in [6, 6.07) is 9.47. The Morgan fingerprint density at radius 1 is 1.08 bits per heavy atom. The predicted octanol–water partition coefficient (Wildman–Crippen LogP) is 6.04. The van der Waals surface area contributed by atoms with Gasteiger partial charge in [0.15, 0.2) is 0 Å². The molecule has 0 bridgehead atoms. The molecule has 1 heterocycles.